The molecule has 0 atom stereocenters. The molecule has 1 aromatic heterocycles. The number of nitrogens with zero attached hydrogens (tertiary/aromatic N) is 2. The summed E-state index contributed by atoms with van der Waals surface area (Å²) in [6.07, 6.45) is 2.21. The minimum Gasteiger partial charge on any atom is -0.352 e. The van der Waals surface area contributed by atoms with E-state index >= 15 is 0 Å². The van der Waals surface area contributed by atoms with Gasteiger partial charge in [-0.15, -0.1) is 0 Å². The number of nitriles is 1. The number of carbonyl (C=O) groups excluding carboxylic acids is 1. The fourth-order valence-corrected chi connectivity index (χ4v) is 1.87. The first kappa shape index (κ1) is 12.7. The molecule has 0 aliphatic heterocycles. The molecule has 1 fully saturated rings. The molecule has 2 N–H and O–H groups in total. The molecule has 5 nitrogen and oxygen atoms in total. The Morgan fingerprint density at radius 2 is 2.33 bits per heavy atom. The van der Waals surface area contributed by atoms with E-state index in [-0.39, 0.29) is 5.91 Å². The summed E-state index contributed by atoms with van der Waals surface area (Å²) in [6.45, 7) is 2.91. The molecule has 0 aromatic carbocycles. The molecule has 1 aliphatic rings. The zero-order valence-corrected chi connectivity index (χ0v) is 10.8. The second-order valence-corrected chi connectivity index (χ2v) is 4.76. The van der Waals surface area contributed by atoms with Gasteiger partial charge in [0.15, 0.2) is 0 Å². The summed E-state index contributed by atoms with van der Waals surface area (Å²) in [6, 6.07) is 4.41. The maximum atomic E-state index is 11.5. The Morgan fingerprint density at radius 3 is 2.89 bits per heavy atom. The lowest BCUT2D eigenvalue weighted by Crippen LogP contribution is -2.34. The smallest absolute Gasteiger partial charge is 0.234 e. The standard InChI is InChI=1S/C13H18N4O/c1-9-10(5-12(6-14)17(9)2)7-15-8-13(18)16-11-3-4-11/h5,11,15H,3-4,7-8H2,1-2H3,(H,16,18). The Labute approximate surface area is 107 Å². The van der Waals surface area contributed by atoms with Gasteiger partial charge in [0.2, 0.25) is 5.91 Å². The van der Waals surface area contributed by atoms with Gasteiger partial charge in [0, 0.05) is 25.3 Å². The number of amides is 1. The van der Waals surface area contributed by atoms with Gasteiger partial charge in [0.25, 0.3) is 0 Å². The fourth-order valence-electron chi connectivity index (χ4n) is 1.87. The maximum absolute atomic E-state index is 11.5. The predicted octanol–water partition coefficient (Wildman–Crippen LogP) is 0.573. The van der Waals surface area contributed by atoms with Gasteiger partial charge in [-0.3, -0.25) is 4.79 Å². The monoisotopic (exact) mass is 246 g/mol. The highest BCUT2D eigenvalue weighted by atomic mass is 16.2. The van der Waals surface area contributed by atoms with Crippen molar-refractivity contribution in [2.75, 3.05) is 6.54 Å². The summed E-state index contributed by atoms with van der Waals surface area (Å²) in [5.74, 6) is 0.0478. The quantitative estimate of drug-likeness (QED) is 0.798. The van der Waals surface area contributed by atoms with Gasteiger partial charge >= 0.3 is 0 Å². The van der Waals surface area contributed by atoms with E-state index in [1.54, 1.807) is 0 Å². The average Bonchev–Trinajstić information content (AvgIpc) is 3.11. The lowest BCUT2D eigenvalue weighted by molar-refractivity contribution is -0.120. The van der Waals surface area contributed by atoms with Crippen molar-refractivity contribution in [3.63, 3.8) is 0 Å². The van der Waals surface area contributed by atoms with Crippen LogP contribution in [0.25, 0.3) is 0 Å². The first-order valence-corrected chi connectivity index (χ1v) is 6.17. The van der Waals surface area contributed by atoms with Crippen LogP contribution in [0.1, 0.15) is 29.8 Å². The van der Waals surface area contributed by atoms with Crippen LogP contribution in [0.2, 0.25) is 0 Å². The highest BCUT2D eigenvalue weighted by molar-refractivity contribution is 5.78. The second kappa shape index (κ2) is 5.23. The van der Waals surface area contributed by atoms with E-state index in [9.17, 15) is 4.79 Å². The molecular weight excluding hydrogens is 228 g/mol. The van der Waals surface area contributed by atoms with E-state index in [0.29, 0.717) is 24.8 Å². The molecule has 5 heteroatoms. The predicted molar refractivity (Wildman–Crippen MR) is 67.7 cm³/mol. The Morgan fingerprint density at radius 1 is 1.61 bits per heavy atom. The summed E-state index contributed by atoms with van der Waals surface area (Å²) in [5, 5.41) is 14.9. The molecule has 1 amide bonds. The molecule has 1 saturated carbocycles. The number of rotatable bonds is 5. The molecule has 96 valence electrons. The minimum absolute atomic E-state index is 0.0478. The van der Waals surface area contributed by atoms with E-state index in [1.165, 1.54) is 0 Å². The van der Waals surface area contributed by atoms with Crippen molar-refractivity contribution in [2.24, 2.45) is 7.05 Å². The lowest BCUT2D eigenvalue weighted by atomic mass is 10.2. The second-order valence-electron chi connectivity index (χ2n) is 4.76. The van der Waals surface area contributed by atoms with Gasteiger partial charge in [0.05, 0.1) is 6.54 Å². The normalized spacial score (nSPS) is 14.3. The molecule has 0 radical (unpaired) electrons. The van der Waals surface area contributed by atoms with Crippen LogP contribution in [-0.4, -0.2) is 23.1 Å². The Kier molecular flexibility index (Phi) is 3.68. The third-order valence-electron chi connectivity index (χ3n) is 3.30. The van der Waals surface area contributed by atoms with E-state index in [0.717, 1.165) is 24.1 Å². The highest BCUT2D eigenvalue weighted by Gasteiger charge is 2.22. The topological polar surface area (TPSA) is 69.8 Å². The van der Waals surface area contributed by atoms with Crippen molar-refractivity contribution in [3.8, 4) is 6.07 Å². The lowest BCUT2D eigenvalue weighted by Gasteiger charge is -2.06. The van der Waals surface area contributed by atoms with Crippen molar-refractivity contribution in [2.45, 2.75) is 32.4 Å². The maximum Gasteiger partial charge on any atom is 0.234 e. The van der Waals surface area contributed by atoms with Crippen LogP contribution in [0.3, 0.4) is 0 Å². The van der Waals surface area contributed by atoms with Crippen molar-refractivity contribution in [1.82, 2.24) is 15.2 Å². The molecule has 0 bridgehead atoms. The summed E-state index contributed by atoms with van der Waals surface area (Å²) in [7, 11) is 1.87. The van der Waals surface area contributed by atoms with Crippen molar-refractivity contribution in [3.05, 3.63) is 23.0 Å². The van der Waals surface area contributed by atoms with Crippen LogP contribution in [0, 0.1) is 18.3 Å². The zero-order chi connectivity index (χ0) is 13.1. The molecule has 0 saturated heterocycles. The Balaban J connectivity index is 1.82. The molecule has 0 spiro atoms. The largest absolute Gasteiger partial charge is 0.352 e. The third-order valence-corrected chi connectivity index (χ3v) is 3.30. The number of nitrogens with one attached hydrogen (secondary N) is 2. The summed E-state index contributed by atoms with van der Waals surface area (Å²) < 4.78 is 1.86. The van der Waals surface area contributed by atoms with E-state index in [4.69, 9.17) is 5.26 Å². The fraction of sp³-hybridized carbons (Fsp3) is 0.538. The Bertz CT molecular complexity index is 494. The van der Waals surface area contributed by atoms with Gasteiger partial charge in [0.1, 0.15) is 11.8 Å². The number of carbonyl (C=O) groups is 1. The van der Waals surface area contributed by atoms with E-state index < -0.39 is 0 Å². The van der Waals surface area contributed by atoms with Gasteiger partial charge in [-0.25, -0.2) is 0 Å². The van der Waals surface area contributed by atoms with Gasteiger partial charge in [-0.1, -0.05) is 0 Å². The van der Waals surface area contributed by atoms with Gasteiger partial charge in [-0.2, -0.15) is 5.26 Å². The third kappa shape index (κ3) is 2.90. The summed E-state index contributed by atoms with van der Waals surface area (Å²) in [5.41, 5.74) is 2.77. The van der Waals surface area contributed by atoms with Gasteiger partial charge < -0.3 is 15.2 Å². The average molecular weight is 246 g/mol. The molecule has 2 rings (SSSR count). The van der Waals surface area contributed by atoms with Crippen LogP contribution in [0.4, 0.5) is 0 Å². The molecule has 18 heavy (non-hydrogen) atoms. The molecule has 1 aliphatic carbocycles. The van der Waals surface area contributed by atoms with Crippen molar-refractivity contribution >= 4 is 5.91 Å². The van der Waals surface area contributed by atoms with Crippen LogP contribution in [0.15, 0.2) is 6.07 Å². The number of hydrogen-bond acceptors (Lipinski definition) is 3. The summed E-state index contributed by atoms with van der Waals surface area (Å²) in [4.78, 5) is 11.5. The molecule has 1 heterocycles. The minimum atomic E-state index is 0.0478. The van der Waals surface area contributed by atoms with E-state index in [2.05, 4.69) is 16.7 Å². The van der Waals surface area contributed by atoms with Gasteiger partial charge in [-0.05, 0) is 31.4 Å². The van der Waals surface area contributed by atoms with Crippen LogP contribution < -0.4 is 10.6 Å². The molecule has 1 aromatic rings. The van der Waals surface area contributed by atoms with Crippen molar-refractivity contribution in [1.29, 1.82) is 5.26 Å². The van der Waals surface area contributed by atoms with Crippen LogP contribution in [-0.2, 0) is 18.4 Å². The van der Waals surface area contributed by atoms with Crippen LogP contribution >= 0.6 is 0 Å². The molecular formula is C13H18N4O. The molecule has 0 unspecified atom stereocenters. The van der Waals surface area contributed by atoms with Crippen molar-refractivity contribution < 1.29 is 4.79 Å². The Hall–Kier alpha value is -1.80. The number of hydrogen-bond donors (Lipinski definition) is 2. The zero-order valence-electron chi connectivity index (χ0n) is 10.8. The van der Waals surface area contributed by atoms with Crippen LogP contribution in [0.5, 0.6) is 0 Å². The van der Waals surface area contributed by atoms with E-state index in [1.807, 2.05) is 24.6 Å². The highest BCUT2D eigenvalue weighted by Crippen LogP contribution is 2.18. The first-order chi connectivity index (χ1) is 8.61. The number of aromatic nitrogens is 1. The SMILES string of the molecule is Cc1c(CNCC(=O)NC2CC2)cc(C#N)n1C. The summed E-state index contributed by atoms with van der Waals surface area (Å²) >= 11 is 0. The first-order valence-electron chi connectivity index (χ1n) is 6.17.